The quantitative estimate of drug-likeness (QED) is 0.214. The topological polar surface area (TPSA) is 121 Å². The number of benzene rings is 2. The molecule has 0 saturated heterocycles. The minimum absolute atomic E-state index is 0.00236. The Labute approximate surface area is 206 Å². The van der Waals surface area contributed by atoms with Crippen LogP contribution in [0.15, 0.2) is 92.9 Å². The van der Waals surface area contributed by atoms with Crippen LogP contribution in [0, 0.1) is 0 Å². The molecule has 0 bridgehead atoms. The summed E-state index contributed by atoms with van der Waals surface area (Å²) in [5.74, 6) is 0.0235. The molecular formula is C23H16BrN7O2S. The first-order chi connectivity index (χ1) is 16.6. The lowest BCUT2D eigenvalue weighted by atomic mass is 10.2. The second-order valence-corrected chi connectivity index (χ2v) is 8.96. The van der Waals surface area contributed by atoms with E-state index in [1.54, 1.807) is 24.5 Å². The number of azo groups is 1. The fourth-order valence-corrected chi connectivity index (χ4v) is 4.34. The maximum absolute atomic E-state index is 12.5. The smallest absolute Gasteiger partial charge is 0.275 e. The molecule has 2 N–H and O–H groups in total. The zero-order valence-electron chi connectivity index (χ0n) is 17.5. The van der Waals surface area contributed by atoms with Gasteiger partial charge in [-0.25, -0.2) is 0 Å². The van der Waals surface area contributed by atoms with Crippen LogP contribution in [-0.4, -0.2) is 41.5 Å². The fourth-order valence-electron chi connectivity index (χ4n) is 3.35. The van der Waals surface area contributed by atoms with Crippen molar-refractivity contribution in [3.05, 3.63) is 77.5 Å². The summed E-state index contributed by atoms with van der Waals surface area (Å²) in [6, 6.07) is 18.7. The summed E-state index contributed by atoms with van der Waals surface area (Å²) in [5.41, 5.74) is 2.63. The maximum atomic E-state index is 12.5. The molecule has 11 heteroatoms. The van der Waals surface area contributed by atoms with E-state index in [1.807, 2.05) is 53.1 Å². The molecule has 0 radical (unpaired) electrons. The van der Waals surface area contributed by atoms with Gasteiger partial charge in [-0.3, -0.25) is 14.3 Å². The zero-order chi connectivity index (χ0) is 23.5. The lowest BCUT2D eigenvalue weighted by Crippen LogP contribution is -2.02. The highest BCUT2D eigenvalue weighted by Gasteiger charge is 2.18. The summed E-state index contributed by atoms with van der Waals surface area (Å²) in [6.07, 6.45) is 3.37. The highest BCUT2D eigenvalue weighted by molar-refractivity contribution is 9.10. The second kappa shape index (κ2) is 9.57. The van der Waals surface area contributed by atoms with Crippen molar-refractivity contribution in [3.63, 3.8) is 0 Å². The van der Waals surface area contributed by atoms with Crippen LogP contribution in [0.3, 0.4) is 0 Å². The molecule has 168 valence electrons. The van der Waals surface area contributed by atoms with E-state index in [2.05, 4.69) is 46.3 Å². The number of para-hydroxylation sites is 1. The monoisotopic (exact) mass is 533 g/mol. The molecule has 0 atom stereocenters. The minimum Gasteiger partial charge on any atom is -0.493 e. The van der Waals surface area contributed by atoms with Crippen molar-refractivity contribution in [2.45, 2.75) is 5.16 Å². The van der Waals surface area contributed by atoms with Gasteiger partial charge in [-0.2, -0.15) is 0 Å². The standard InChI is InChI=1S/C23H16BrN7O2S/c24-15-5-7-16(8-6-15)31-21(14-9-11-25-12-10-14)29-30-23(31)34-13-19(32)27-28-20-17-3-1-2-4-18(17)26-22(20)33/h1-12,26,33H,13H2. The van der Waals surface area contributed by atoms with E-state index >= 15 is 0 Å². The number of thioether (sulfide) groups is 1. The Morgan fingerprint density at radius 1 is 1.06 bits per heavy atom. The van der Waals surface area contributed by atoms with Crippen LogP contribution in [0.2, 0.25) is 0 Å². The van der Waals surface area contributed by atoms with E-state index < -0.39 is 5.91 Å². The number of rotatable bonds is 6. The van der Waals surface area contributed by atoms with Gasteiger partial charge in [0.2, 0.25) is 5.88 Å². The van der Waals surface area contributed by atoms with Crippen molar-refractivity contribution in [3.8, 4) is 23.0 Å². The van der Waals surface area contributed by atoms with Crippen molar-refractivity contribution in [1.82, 2.24) is 24.7 Å². The normalized spacial score (nSPS) is 11.4. The number of nitrogens with one attached hydrogen (secondary N) is 1. The van der Waals surface area contributed by atoms with E-state index in [0.29, 0.717) is 21.9 Å². The average Bonchev–Trinajstić information content (AvgIpc) is 3.42. The number of carbonyl (C=O) groups excluding carboxylic acids is 1. The number of aromatic nitrogens is 5. The van der Waals surface area contributed by atoms with E-state index in [0.717, 1.165) is 15.7 Å². The largest absolute Gasteiger partial charge is 0.493 e. The third-order valence-electron chi connectivity index (χ3n) is 4.90. The molecule has 0 fully saturated rings. The summed E-state index contributed by atoms with van der Waals surface area (Å²) < 4.78 is 2.82. The Bertz CT molecular complexity index is 1500. The maximum Gasteiger partial charge on any atom is 0.275 e. The molecule has 0 aliphatic heterocycles. The number of H-pyrrole nitrogens is 1. The molecule has 3 heterocycles. The number of nitrogens with zero attached hydrogens (tertiary/aromatic N) is 6. The van der Waals surface area contributed by atoms with Crippen LogP contribution in [0.4, 0.5) is 5.69 Å². The number of pyridine rings is 1. The first-order valence-electron chi connectivity index (χ1n) is 10.1. The summed E-state index contributed by atoms with van der Waals surface area (Å²) >= 11 is 4.66. The van der Waals surface area contributed by atoms with Gasteiger partial charge in [0.1, 0.15) is 0 Å². The average molecular weight is 534 g/mol. The van der Waals surface area contributed by atoms with Gasteiger partial charge in [0.05, 0.1) is 11.3 Å². The first-order valence-corrected chi connectivity index (χ1v) is 11.9. The Kier molecular flexibility index (Phi) is 6.19. The highest BCUT2D eigenvalue weighted by atomic mass is 79.9. The Hall–Kier alpha value is -3.83. The van der Waals surface area contributed by atoms with Gasteiger partial charge in [0, 0.05) is 33.5 Å². The number of aromatic amines is 1. The molecule has 2 aromatic carbocycles. The van der Waals surface area contributed by atoms with Crippen LogP contribution in [0.5, 0.6) is 5.88 Å². The summed E-state index contributed by atoms with van der Waals surface area (Å²) in [7, 11) is 0. The van der Waals surface area contributed by atoms with Gasteiger partial charge in [0.25, 0.3) is 5.91 Å². The molecule has 9 nitrogen and oxygen atoms in total. The number of hydrogen-bond donors (Lipinski definition) is 2. The summed E-state index contributed by atoms with van der Waals surface area (Å²) in [5, 5.41) is 27.7. The van der Waals surface area contributed by atoms with E-state index in [4.69, 9.17) is 0 Å². The summed E-state index contributed by atoms with van der Waals surface area (Å²) in [4.78, 5) is 19.4. The zero-order valence-corrected chi connectivity index (χ0v) is 19.9. The van der Waals surface area contributed by atoms with Crippen LogP contribution >= 0.6 is 27.7 Å². The third-order valence-corrected chi connectivity index (χ3v) is 6.34. The predicted octanol–water partition coefficient (Wildman–Crippen LogP) is 5.68. The van der Waals surface area contributed by atoms with Crippen molar-refractivity contribution >= 4 is 50.2 Å². The molecule has 1 amide bonds. The predicted molar refractivity (Wildman–Crippen MR) is 133 cm³/mol. The third kappa shape index (κ3) is 4.47. The van der Waals surface area contributed by atoms with Crippen molar-refractivity contribution in [2.24, 2.45) is 10.2 Å². The minimum atomic E-state index is -0.467. The van der Waals surface area contributed by atoms with Crippen LogP contribution in [0.25, 0.3) is 28.0 Å². The van der Waals surface area contributed by atoms with Gasteiger partial charge >= 0.3 is 0 Å². The molecule has 0 unspecified atom stereocenters. The molecule has 34 heavy (non-hydrogen) atoms. The van der Waals surface area contributed by atoms with Crippen LogP contribution in [0.1, 0.15) is 0 Å². The summed E-state index contributed by atoms with van der Waals surface area (Å²) in [6.45, 7) is 0. The van der Waals surface area contributed by atoms with Gasteiger partial charge in [0.15, 0.2) is 16.7 Å². The number of fused-ring (bicyclic) bond motifs is 1. The molecule has 5 aromatic rings. The van der Waals surface area contributed by atoms with Crippen molar-refractivity contribution in [2.75, 3.05) is 5.75 Å². The molecular weight excluding hydrogens is 518 g/mol. The fraction of sp³-hybridized carbons (Fsp3) is 0.0435. The van der Waals surface area contributed by atoms with Gasteiger partial charge in [-0.05, 0) is 42.5 Å². The highest BCUT2D eigenvalue weighted by Crippen LogP contribution is 2.35. The van der Waals surface area contributed by atoms with Gasteiger partial charge in [-0.15, -0.1) is 20.4 Å². The molecule has 0 aliphatic carbocycles. The lowest BCUT2D eigenvalue weighted by Gasteiger charge is -2.10. The van der Waals surface area contributed by atoms with E-state index in [1.165, 1.54) is 11.8 Å². The number of aromatic hydroxyl groups is 1. The van der Waals surface area contributed by atoms with Gasteiger partial charge in [-0.1, -0.05) is 45.9 Å². The Morgan fingerprint density at radius 3 is 2.62 bits per heavy atom. The van der Waals surface area contributed by atoms with Crippen molar-refractivity contribution in [1.29, 1.82) is 0 Å². The van der Waals surface area contributed by atoms with Crippen LogP contribution in [-0.2, 0) is 4.79 Å². The lowest BCUT2D eigenvalue weighted by molar-refractivity contribution is -0.115. The number of hydrogen-bond acceptors (Lipinski definition) is 7. The number of halogens is 1. The SMILES string of the molecule is O=C(CSc1nnc(-c2ccncc2)n1-c1ccc(Br)cc1)N=Nc1c(O)[nH]c2ccccc12. The first kappa shape index (κ1) is 22.0. The van der Waals surface area contributed by atoms with Crippen molar-refractivity contribution < 1.29 is 9.90 Å². The molecule has 0 spiro atoms. The Morgan fingerprint density at radius 2 is 1.82 bits per heavy atom. The number of amides is 1. The molecule has 0 saturated carbocycles. The molecule has 3 aromatic heterocycles. The van der Waals surface area contributed by atoms with E-state index in [-0.39, 0.29) is 17.3 Å². The second-order valence-electron chi connectivity index (χ2n) is 7.10. The van der Waals surface area contributed by atoms with Crippen LogP contribution < -0.4 is 0 Å². The number of carbonyl (C=O) groups is 1. The molecule has 5 rings (SSSR count). The Balaban J connectivity index is 1.39. The van der Waals surface area contributed by atoms with Gasteiger partial charge < -0.3 is 10.1 Å². The van der Waals surface area contributed by atoms with E-state index in [9.17, 15) is 9.90 Å². The molecule has 0 aliphatic rings.